The molecule has 1 saturated heterocycles. The molecular formula is C25H25ClN2O3. The zero-order chi connectivity index (χ0) is 21.6. The topological polar surface area (TPSA) is 42.0 Å². The maximum atomic E-state index is 13.1. The molecule has 1 fully saturated rings. The van der Waals surface area contributed by atoms with Crippen LogP contribution in [0.25, 0.3) is 0 Å². The van der Waals surface area contributed by atoms with Crippen molar-refractivity contribution in [2.24, 2.45) is 0 Å². The zero-order valence-corrected chi connectivity index (χ0v) is 18.2. The van der Waals surface area contributed by atoms with E-state index in [1.807, 2.05) is 53.4 Å². The van der Waals surface area contributed by atoms with Gasteiger partial charge in [0.1, 0.15) is 18.1 Å². The van der Waals surface area contributed by atoms with E-state index in [1.165, 1.54) is 5.69 Å². The average Bonchev–Trinajstić information content (AvgIpc) is 2.83. The lowest BCUT2D eigenvalue weighted by molar-refractivity contribution is 0.0746. The van der Waals surface area contributed by atoms with Gasteiger partial charge in [0.15, 0.2) is 0 Å². The van der Waals surface area contributed by atoms with E-state index in [0.29, 0.717) is 41.8 Å². The standard InChI is InChI=1S/C25H25ClN2O3/c1-30-24-12-7-19(17-20(24)18-31-23-10-8-21(26)9-11-23)25(29)28-15-13-27(14-16-28)22-5-3-2-4-6-22/h2-12,17H,13-16,18H2,1H3. The van der Waals surface area contributed by atoms with E-state index in [-0.39, 0.29) is 5.91 Å². The van der Waals surface area contributed by atoms with Crippen molar-refractivity contribution in [3.63, 3.8) is 0 Å². The highest BCUT2D eigenvalue weighted by Crippen LogP contribution is 2.24. The summed E-state index contributed by atoms with van der Waals surface area (Å²) in [6, 6.07) is 23.0. The molecule has 1 aliphatic heterocycles. The monoisotopic (exact) mass is 436 g/mol. The molecule has 3 aromatic rings. The summed E-state index contributed by atoms with van der Waals surface area (Å²) in [5.74, 6) is 1.43. The van der Waals surface area contributed by atoms with Gasteiger partial charge in [0, 0.05) is 48.0 Å². The van der Waals surface area contributed by atoms with Crippen molar-refractivity contribution in [1.29, 1.82) is 0 Å². The highest BCUT2D eigenvalue weighted by Gasteiger charge is 2.23. The molecule has 1 amide bonds. The number of hydrogen-bond acceptors (Lipinski definition) is 4. The number of amides is 1. The lowest BCUT2D eigenvalue weighted by atomic mass is 10.1. The lowest BCUT2D eigenvalue weighted by Gasteiger charge is -2.36. The second kappa shape index (κ2) is 9.75. The van der Waals surface area contributed by atoms with E-state index in [1.54, 1.807) is 19.2 Å². The van der Waals surface area contributed by atoms with E-state index in [2.05, 4.69) is 17.0 Å². The molecule has 1 aliphatic rings. The van der Waals surface area contributed by atoms with Gasteiger partial charge < -0.3 is 19.3 Å². The molecule has 0 radical (unpaired) electrons. The number of halogens is 1. The van der Waals surface area contributed by atoms with Crippen LogP contribution in [0.3, 0.4) is 0 Å². The second-order valence-electron chi connectivity index (χ2n) is 7.38. The summed E-state index contributed by atoms with van der Waals surface area (Å²) in [6.07, 6.45) is 0. The molecule has 0 unspecified atom stereocenters. The van der Waals surface area contributed by atoms with E-state index in [0.717, 1.165) is 18.7 Å². The summed E-state index contributed by atoms with van der Waals surface area (Å²) >= 11 is 5.93. The SMILES string of the molecule is COc1ccc(C(=O)N2CCN(c3ccccc3)CC2)cc1COc1ccc(Cl)cc1. The molecule has 0 aliphatic carbocycles. The van der Waals surface area contributed by atoms with Gasteiger partial charge in [-0.25, -0.2) is 0 Å². The number of benzene rings is 3. The lowest BCUT2D eigenvalue weighted by Crippen LogP contribution is -2.48. The largest absolute Gasteiger partial charge is 0.496 e. The van der Waals surface area contributed by atoms with Crippen LogP contribution in [0.5, 0.6) is 11.5 Å². The van der Waals surface area contributed by atoms with Gasteiger partial charge in [-0.05, 0) is 54.6 Å². The maximum Gasteiger partial charge on any atom is 0.253 e. The molecule has 0 saturated carbocycles. The summed E-state index contributed by atoms with van der Waals surface area (Å²) in [4.78, 5) is 17.3. The van der Waals surface area contributed by atoms with Crippen LogP contribution in [-0.2, 0) is 6.61 Å². The second-order valence-corrected chi connectivity index (χ2v) is 7.82. The van der Waals surface area contributed by atoms with Crippen LogP contribution in [-0.4, -0.2) is 44.1 Å². The highest BCUT2D eigenvalue weighted by molar-refractivity contribution is 6.30. The number of methoxy groups -OCH3 is 1. The van der Waals surface area contributed by atoms with Gasteiger partial charge >= 0.3 is 0 Å². The smallest absolute Gasteiger partial charge is 0.253 e. The summed E-state index contributed by atoms with van der Waals surface area (Å²) in [5, 5.41) is 0.657. The van der Waals surface area contributed by atoms with Gasteiger partial charge in [-0.3, -0.25) is 4.79 Å². The van der Waals surface area contributed by atoms with Crippen molar-refractivity contribution in [3.05, 3.63) is 88.9 Å². The Morgan fingerprint density at radius 3 is 2.32 bits per heavy atom. The van der Waals surface area contributed by atoms with Crippen LogP contribution in [0, 0.1) is 0 Å². The predicted octanol–water partition coefficient (Wildman–Crippen LogP) is 4.89. The van der Waals surface area contributed by atoms with Crippen molar-refractivity contribution < 1.29 is 14.3 Å². The Morgan fingerprint density at radius 1 is 0.935 bits per heavy atom. The van der Waals surface area contributed by atoms with Crippen molar-refractivity contribution >= 4 is 23.2 Å². The molecule has 0 bridgehead atoms. The summed E-state index contributed by atoms with van der Waals surface area (Å²) in [5.41, 5.74) is 2.66. The van der Waals surface area contributed by atoms with E-state index in [4.69, 9.17) is 21.1 Å². The van der Waals surface area contributed by atoms with Crippen LogP contribution >= 0.6 is 11.6 Å². The summed E-state index contributed by atoms with van der Waals surface area (Å²) in [6.45, 7) is 3.32. The first-order valence-electron chi connectivity index (χ1n) is 10.3. The van der Waals surface area contributed by atoms with Crippen LogP contribution in [0.15, 0.2) is 72.8 Å². The average molecular weight is 437 g/mol. The number of para-hydroxylation sites is 1. The fourth-order valence-electron chi connectivity index (χ4n) is 3.71. The van der Waals surface area contributed by atoms with E-state index in [9.17, 15) is 4.79 Å². The van der Waals surface area contributed by atoms with Gasteiger partial charge in [0.25, 0.3) is 5.91 Å². The number of nitrogens with zero attached hydrogens (tertiary/aromatic N) is 2. The minimum atomic E-state index is 0.0307. The minimum absolute atomic E-state index is 0.0307. The van der Waals surface area contributed by atoms with Crippen LogP contribution in [0.2, 0.25) is 5.02 Å². The third kappa shape index (κ3) is 5.12. The summed E-state index contributed by atoms with van der Waals surface area (Å²) < 4.78 is 11.3. The van der Waals surface area contributed by atoms with Gasteiger partial charge in [0.2, 0.25) is 0 Å². The molecule has 1 heterocycles. The number of hydrogen-bond donors (Lipinski definition) is 0. The quantitative estimate of drug-likeness (QED) is 0.551. The first-order chi connectivity index (χ1) is 15.1. The molecule has 6 heteroatoms. The Bertz CT molecular complexity index is 1020. The van der Waals surface area contributed by atoms with Crippen LogP contribution in [0.4, 0.5) is 5.69 Å². The Kier molecular flexibility index (Phi) is 6.63. The van der Waals surface area contributed by atoms with Crippen molar-refractivity contribution in [3.8, 4) is 11.5 Å². The fraction of sp³-hybridized carbons (Fsp3) is 0.240. The molecule has 160 valence electrons. The maximum absolute atomic E-state index is 13.1. The van der Waals surface area contributed by atoms with Crippen LogP contribution in [0.1, 0.15) is 15.9 Å². The Morgan fingerprint density at radius 2 is 1.65 bits per heavy atom. The number of rotatable bonds is 6. The molecule has 31 heavy (non-hydrogen) atoms. The van der Waals surface area contributed by atoms with E-state index >= 15 is 0 Å². The first-order valence-corrected chi connectivity index (χ1v) is 10.7. The predicted molar refractivity (Wildman–Crippen MR) is 123 cm³/mol. The molecule has 3 aromatic carbocycles. The molecular weight excluding hydrogens is 412 g/mol. The third-order valence-electron chi connectivity index (χ3n) is 5.42. The van der Waals surface area contributed by atoms with Gasteiger partial charge in [-0.2, -0.15) is 0 Å². The van der Waals surface area contributed by atoms with Gasteiger partial charge in [-0.1, -0.05) is 29.8 Å². The first kappa shape index (κ1) is 21.1. The van der Waals surface area contributed by atoms with Crippen molar-refractivity contribution in [1.82, 2.24) is 4.90 Å². The van der Waals surface area contributed by atoms with E-state index < -0.39 is 0 Å². The summed E-state index contributed by atoms with van der Waals surface area (Å²) in [7, 11) is 1.62. The third-order valence-corrected chi connectivity index (χ3v) is 5.68. The normalized spacial score (nSPS) is 13.7. The number of ether oxygens (including phenoxy) is 2. The molecule has 0 N–H and O–H groups in total. The number of piperazine rings is 1. The number of carbonyl (C=O) groups is 1. The Balaban J connectivity index is 1.42. The zero-order valence-electron chi connectivity index (χ0n) is 17.5. The molecule has 0 spiro atoms. The number of carbonyl (C=O) groups excluding carboxylic acids is 1. The Hall–Kier alpha value is -3.18. The molecule has 5 nitrogen and oxygen atoms in total. The fourth-order valence-corrected chi connectivity index (χ4v) is 3.83. The molecule has 0 atom stereocenters. The van der Waals surface area contributed by atoms with Crippen molar-refractivity contribution in [2.75, 3.05) is 38.2 Å². The number of anilines is 1. The Labute approximate surface area is 187 Å². The minimum Gasteiger partial charge on any atom is -0.496 e. The highest BCUT2D eigenvalue weighted by atomic mass is 35.5. The van der Waals surface area contributed by atoms with Crippen LogP contribution < -0.4 is 14.4 Å². The van der Waals surface area contributed by atoms with Gasteiger partial charge in [-0.15, -0.1) is 0 Å². The van der Waals surface area contributed by atoms with Gasteiger partial charge in [0.05, 0.1) is 7.11 Å². The molecule has 0 aromatic heterocycles. The molecule has 4 rings (SSSR count). The van der Waals surface area contributed by atoms with Crippen molar-refractivity contribution in [2.45, 2.75) is 6.61 Å².